The molecule has 0 bridgehead atoms. The van der Waals surface area contributed by atoms with Gasteiger partial charge in [-0.1, -0.05) is 38.3 Å². The first-order valence-electron chi connectivity index (χ1n) is 8.69. The number of hydrogen-bond donors (Lipinski definition) is 1. The molecule has 1 aliphatic heterocycles. The minimum absolute atomic E-state index is 0.0646. The van der Waals surface area contributed by atoms with Crippen LogP contribution in [0.1, 0.15) is 37.7 Å². The van der Waals surface area contributed by atoms with E-state index in [1.807, 2.05) is 17.9 Å². The second-order valence-electron chi connectivity index (χ2n) is 7.25. The topological polar surface area (TPSA) is 57.6 Å². The van der Waals surface area contributed by atoms with Crippen LogP contribution in [-0.2, 0) is 9.59 Å². The maximum atomic E-state index is 13.5. The molecule has 4 atom stereocenters. The Morgan fingerprint density at radius 1 is 1.38 bits per heavy atom. The minimum atomic E-state index is -0.820. The zero-order chi connectivity index (χ0) is 17.3. The highest BCUT2D eigenvalue weighted by Gasteiger charge is 2.43. The Hall–Kier alpha value is -1.75. The third-order valence-corrected chi connectivity index (χ3v) is 5.88. The summed E-state index contributed by atoms with van der Waals surface area (Å²) in [5.41, 5.74) is 0.773. The van der Waals surface area contributed by atoms with Crippen LogP contribution in [0.4, 0.5) is 4.39 Å². The molecule has 1 N–H and O–H groups in total. The molecule has 0 aromatic heterocycles. The van der Waals surface area contributed by atoms with Crippen LogP contribution in [-0.4, -0.2) is 41.4 Å². The molecule has 0 spiro atoms. The minimum Gasteiger partial charge on any atom is -0.480 e. The zero-order valence-electron chi connectivity index (χ0n) is 13.9. The van der Waals surface area contributed by atoms with Crippen LogP contribution in [0, 0.1) is 23.6 Å². The highest BCUT2D eigenvalue weighted by molar-refractivity contribution is 5.74. The van der Waals surface area contributed by atoms with Crippen LogP contribution < -0.4 is 0 Å². The number of benzene rings is 1. The molecule has 24 heavy (non-hydrogen) atoms. The van der Waals surface area contributed by atoms with E-state index in [-0.39, 0.29) is 23.6 Å². The fraction of sp³-hybridized carbons (Fsp3) is 0.579. The van der Waals surface area contributed by atoms with Gasteiger partial charge >= 0.3 is 5.97 Å². The fourth-order valence-electron chi connectivity index (χ4n) is 4.25. The summed E-state index contributed by atoms with van der Waals surface area (Å²) in [6, 6.07) is 5.72. The monoisotopic (exact) mass is 333 g/mol. The van der Waals surface area contributed by atoms with Gasteiger partial charge < -0.3 is 9.90 Å². The molecule has 1 aliphatic carbocycles. The molecule has 1 heterocycles. The van der Waals surface area contributed by atoms with Gasteiger partial charge in [-0.15, -0.1) is 0 Å². The van der Waals surface area contributed by atoms with Crippen LogP contribution in [0.3, 0.4) is 0 Å². The lowest BCUT2D eigenvalue weighted by atomic mass is 9.73. The summed E-state index contributed by atoms with van der Waals surface area (Å²) in [7, 11) is 0. The van der Waals surface area contributed by atoms with E-state index < -0.39 is 12.0 Å². The van der Waals surface area contributed by atoms with Gasteiger partial charge in [0.15, 0.2) is 0 Å². The molecular weight excluding hydrogens is 309 g/mol. The maximum Gasteiger partial charge on any atom is 0.321 e. The van der Waals surface area contributed by atoms with E-state index in [1.54, 1.807) is 6.07 Å². The second-order valence-corrected chi connectivity index (χ2v) is 7.25. The molecule has 3 rings (SSSR count). The van der Waals surface area contributed by atoms with Gasteiger partial charge in [0.05, 0.1) is 0 Å². The number of rotatable bonds is 6. The lowest BCUT2D eigenvalue weighted by molar-refractivity contribution is -0.146. The van der Waals surface area contributed by atoms with Crippen LogP contribution in [0.25, 0.3) is 0 Å². The van der Waals surface area contributed by atoms with Crippen LogP contribution in [0.5, 0.6) is 0 Å². The number of aliphatic carboxylic acids is 1. The van der Waals surface area contributed by atoms with Crippen LogP contribution in [0.2, 0.25) is 0 Å². The molecule has 5 heteroatoms. The predicted octanol–water partition coefficient (Wildman–Crippen LogP) is 2.93. The largest absolute Gasteiger partial charge is 0.480 e. The lowest BCUT2D eigenvalue weighted by Crippen LogP contribution is -2.47. The van der Waals surface area contributed by atoms with Crippen molar-refractivity contribution in [1.82, 2.24) is 4.90 Å². The number of aldehydes is 1. The van der Waals surface area contributed by atoms with Crippen molar-refractivity contribution >= 4 is 12.3 Å². The SMILES string of the molecule is CC(C1CCC1)C(C(=O)O)N1CC(C=O)C(c2cccc(F)c2)C1. The molecule has 1 aromatic rings. The second kappa shape index (κ2) is 7.01. The van der Waals surface area contributed by atoms with Crippen molar-refractivity contribution in [3.63, 3.8) is 0 Å². The molecule has 0 amide bonds. The molecule has 0 radical (unpaired) electrons. The maximum absolute atomic E-state index is 13.5. The van der Waals surface area contributed by atoms with Gasteiger partial charge in [-0.2, -0.15) is 0 Å². The molecule has 1 saturated heterocycles. The Morgan fingerprint density at radius 2 is 2.12 bits per heavy atom. The molecule has 2 aliphatic rings. The predicted molar refractivity (Wildman–Crippen MR) is 88.2 cm³/mol. The molecule has 1 aromatic carbocycles. The number of likely N-dealkylation sites (tertiary alicyclic amines) is 1. The summed E-state index contributed by atoms with van der Waals surface area (Å²) in [6.07, 6.45) is 4.24. The quantitative estimate of drug-likeness (QED) is 0.813. The van der Waals surface area contributed by atoms with E-state index in [1.165, 1.54) is 18.6 Å². The number of carbonyl (C=O) groups excluding carboxylic acids is 1. The van der Waals surface area contributed by atoms with E-state index >= 15 is 0 Å². The van der Waals surface area contributed by atoms with Gasteiger partial charge in [0.2, 0.25) is 0 Å². The number of carbonyl (C=O) groups is 2. The van der Waals surface area contributed by atoms with Crippen molar-refractivity contribution in [3.05, 3.63) is 35.6 Å². The van der Waals surface area contributed by atoms with Crippen LogP contribution >= 0.6 is 0 Å². The molecule has 130 valence electrons. The standard InChI is InChI=1S/C19H24FNO3/c1-12(13-4-2-5-13)18(19(23)24)21-9-15(11-22)17(10-21)14-6-3-7-16(20)8-14/h3,6-8,11-13,15,17-18H,2,4-5,9-10H2,1H3,(H,23,24). The van der Waals surface area contributed by atoms with Crippen molar-refractivity contribution in [2.45, 2.75) is 38.1 Å². The van der Waals surface area contributed by atoms with E-state index in [4.69, 9.17) is 0 Å². The van der Waals surface area contributed by atoms with Crippen molar-refractivity contribution in [2.24, 2.45) is 17.8 Å². The zero-order valence-corrected chi connectivity index (χ0v) is 13.9. The number of carboxylic acid groups (broad SMARTS) is 1. The summed E-state index contributed by atoms with van der Waals surface area (Å²) < 4.78 is 13.5. The average Bonchev–Trinajstić information content (AvgIpc) is 2.89. The number of halogens is 1. The van der Waals surface area contributed by atoms with E-state index in [0.717, 1.165) is 24.7 Å². The van der Waals surface area contributed by atoms with E-state index in [2.05, 4.69) is 0 Å². The first-order valence-corrected chi connectivity index (χ1v) is 8.69. The lowest BCUT2D eigenvalue weighted by Gasteiger charge is -2.38. The Bertz CT molecular complexity index is 616. The summed E-state index contributed by atoms with van der Waals surface area (Å²) in [5.74, 6) is -1.06. The van der Waals surface area contributed by atoms with Crippen molar-refractivity contribution < 1.29 is 19.1 Å². The van der Waals surface area contributed by atoms with Crippen molar-refractivity contribution in [2.75, 3.05) is 13.1 Å². The first-order chi connectivity index (χ1) is 11.5. The third-order valence-electron chi connectivity index (χ3n) is 5.88. The van der Waals surface area contributed by atoms with E-state index in [0.29, 0.717) is 19.0 Å². The van der Waals surface area contributed by atoms with Crippen LogP contribution in [0.15, 0.2) is 24.3 Å². The van der Waals surface area contributed by atoms with Crippen molar-refractivity contribution in [1.29, 1.82) is 0 Å². The summed E-state index contributed by atoms with van der Waals surface area (Å²) >= 11 is 0. The summed E-state index contributed by atoms with van der Waals surface area (Å²) in [4.78, 5) is 25.3. The summed E-state index contributed by atoms with van der Waals surface area (Å²) in [5, 5.41) is 9.74. The number of hydrogen-bond acceptors (Lipinski definition) is 3. The van der Waals surface area contributed by atoms with E-state index in [9.17, 15) is 19.1 Å². The van der Waals surface area contributed by atoms with Gasteiger partial charge in [0, 0.05) is 24.9 Å². The number of carboxylic acids is 1. The summed E-state index contributed by atoms with van der Waals surface area (Å²) in [6.45, 7) is 2.92. The molecule has 4 nitrogen and oxygen atoms in total. The molecule has 4 unspecified atom stereocenters. The van der Waals surface area contributed by atoms with Gasteiger partial charge in [0.25, 0.3) is 0 Å². The average molecular weight is 333 g/mol. The Kier molecular flexibility index (Phi) is 4.99. The third kappa shape index (κ3) is 3.22. The van der Waals surface area contributed by atoms with Crippen molar-refractivity contribution in [3.8, 4) is 0 Å². The number of nitrogens with zero attached hydrogens (tertiary/aromatic N) is 1. The highest BCUT2D eigenvalue weighted by Crippen LogP contribution is 2.39. The Balaban J connectivity index is 1.81. The molecule has 2 fully saturated rings. The fourth-order valence-corrected chi connectivity index (χ4v) is 4.25. The molecule has 1 saturated carbocycles. The highest BCUT2D eigenvalue weighted by atomic mass is 19.1. The van der Waals surface area contributed by atoms with Gasteiger partial charge in [-0.3, -0.25) is 9.69 Å². The Labute approximate surface area is 141 Å². The van der Waals surface area contributed by atoms with Gasteiger partial charge in [-0.05, 0) is 29.5 Å². The normalized spacial score (nSPS) is 27.4. The molecular formula is C19H24FNO3. The smallest absolute Gasteiger partial charge is 0.321 e. The Morgan fingerprint density at radius 3 is 2.67 bits per heavy atom. The van der Waals surface area contributed by atoms with Gasteiger partial charge in [0.1, 0.15) is 18.1 Å². The first kappa shape index (κ1) is 17.1. The van der Waals surface area contributed by atoms with Gasteiger partial charge in [-0.25, -0.2) is 4.39 Å².